The van der Waals surface area contributed by atoms with Gasteiger partial charge in [0, 0.05) is 11.7 Å². The van der Waals surface area contributed by atoms with Crippen LogP contribution in [0, 0.1) is 0 Å². The lowest BCUT2D eigenvalue weighted by molar-refractivity contribution is -0.118. The summed E-state index contributed by atoms with van der Waals surface area (Å²) in [6, 6.07) is 16.9. The Morgan fingerprint density at radius 1 is 1.14 bits per heavy atom. The van der Waals surface area contributed by atoms with Crippen LogP contribution in [0.3, 0.4) is 0 Å². The van der Waals surface area contributed by atoms with Crippen LogP contribution in [0.2, 0.25) is 0 Å². The second kappa shape index (κ2) is 7.45. The fraction of sp³-hybridized carbons (Fsp3) is 0.235. The Morgan fingerprint density at radius 3 is 2.43 bits per heavy atom. The average molecular weight is 284 g/mol. The van der Waals surface area contributed by atoms with Crippen LogP contribution in [0.4, 0.5) is 5.69 Å². The molecule has 0 bridgehead atoms. The van der Waals surface area contributed by atoms with Crippen molar-refractivity contribution in [1.82, 2.24) is 0 Å². The van der Waals surface area contributed by atoms with Gasteiger partial charge in [0.1, 0.15) is 5.75 Å². The largest absolute Gasteiger partial charge is 0.484 e. The van der Waals surface area contributed by atoms with Crippen molar-refractivity contribution in [3.8, 4) is 5.75 Å². The predicted octanol–water partition coefficient (Wildman–Crippen LogP) is 3.11. The number of rotatable bonds is 6. The molecule has 0 aromatic heterocycles. The van der Waals surface area contributed by atoms with E-state index in [1.165, 1.54) is 0 Å². The molecule has 0 aliphatic heterocycles. The lowest BCUT2D eigenvalue weighted by atomic mass is 10.1. The van der Waals surface area contributed by atoms with E-state index in [1.54, 1.807) is 0 Å². The lowest BCUT2D eigenvalue weighted by Crippen LogP contribution is -2.20. The number of nitrogens with one attached hydrogen (secondary N) is 1. The number of hydrogen-bond donors (Lipinski definition) is 2. The molecule has 1 amide bonds. The zero-order chi connectivity index (χ0) is 15.1. The van der Waals surface area contributed by atoms with Gasteiger partial charge in [-0.1, -0.05) is 37.3 Å². The van der Waals surface area contributed by atoms with Crippen LogP contribution in [0.15, 0.2) is 54.6 Å². The van der Waals surface area contributed by atoms with Crippen LogP contribution in [-0.2, 0) is 4.79 Å². The Bertz CT molecular complexity index is 567. The second-order valence-electron chi connectivity index (χ2n) is 4.79. The van der Waals surface area contributed by atoms with Crippen LogP contribution >= 0.6 is 0 Å². The van der Waals surface area contributed by atoms with Gasteiger partial charge in [-0.25, -0.2) is 0 Å². The molecule has 0 fully saturated rings. The highest BCUT2D eigenvalue weighted by molar-refractivity contribution is 5.91. The van der Waals surface area contributed by atoms with Crippen molar-refractivity contribution in [2.24, 2.45) is 5.73 Å². The van der Waals surface area contributed by atoms with Gasteiger partial charge < -0.3 is 15.8 Å². The minimum absolute atomic E-state index is 0.0198. The normalized spacial score (nSPS) is 11.7. The van der Waals surface area contributed by atoms with Gasteiger partial charge in [-0.15, -0.1) is 0 Å². The molecule has 0 radical (unpaired) electrons. The first kappa shape index (κ1) is 15.1. The number of benzene rings is 2. The summed E-state index contributed by atoms with van der Waals surface area (Å²) in [4.78, 5) is 11.8. The molecule has 4 heteroatoms. The van der Waals surface area contributed by atoms with Crippen molar-refractivity contribution in [3.63, 3.8) is 0 Å². The SMILES string of the molecule is CC[C@@H](N)c1ccc(OCC(=O)Nc2ccccc2)cc1. The lowest BCUT2D eigenvalue weighted by Gasteiger charge is -2.11. The molecule has 2 aromatic rings. The summed E-state index contributed by atoms with van der Waals surface area (Å²) in [5.41, 5.74) is 7.78. The maximum atomic E-state index is 11.8. The van der Waals surface area contributed by atoms with E-state index in [1.807, 2.05) is 61.5 Å². The van der Waals surface area contributed by atoms with Gasteiger partial charge >= 0.3 is 0 Å². The number of para-hydroxylation sites is 1. The van der Waals surface area contributed by atoms with Crippen LogP contribution in [-0.4, -0.2) is 12.5 Å². The molecule has 110 valence electrons. The van der Waals surface area contributed by atoms with Gasteiger partial charge in [-0.2, -0.15) is 0 Å². The predicted molar refractivity (Wildman–Crippen MR) is 84.2 cm³/mol. The number of hydrogen-bond acceptors (Lipinski definition) is 3. The summed E-state index contributed by atoms with van der Waals surface area (Å²) in [5, 5.41) is 2.77. The fourth-order valence-electron chi connectivity index (χ4n) is 1.91. The molecule has 4 nitrogen and oxygen atoms in total. The molecule has 3 N–H and O–H groups in total. The number of ether oxygens (including phenoxy) is 1. The Hall–Kier alpha value is -2.33. The van der Waals surface area contributed by atoms with Gasteiger partial charge in [0.15, 0.2) is 6.61 Å². The number of carbonyl (C=O) groups is 1. The molecule has 0 aliphatic rings. The summed E-state index contributed by atoms with van der Waals surface area (Å²) in [5.74, 6) is 0.473. The molecule has 0 aliphatic carbocycles. The molecular formula is C17H20N2O2. The smallest absolute Gasteiger partial charge is 0.262 e. The first-order chi connectivity index (χ1) is 10.2. The zero-order valence-corrected chi connectivity index (χ0v) is 12.1. The minimum atomic E-state index is -0.185. The van der Waals surface area contributed by atoms with Crippen molar-refractivity contribution < 1.29 is 9.53 Å². The van der Waals surface area contributed by atoms with E-state index >= 15 is 0 Å². The first-order valence-electron chi connectivity index (χ1n) is 7.02. The van der Waals surface area contributed by atoms with Gasteiger partial charge in [-0.05, 0) is 36.2 Å². The summed E-state index contributed by atoms with van der Waals surface area (Å²) in [6.07, 6.45) is 0.889. The van der Waals surface area contributed by atoms with Crippen LogP contribution in [0.1, 0.15) is 24.9 Å². The van der Waals surface area contributed by atoms with E-state index in [2.05, 4.69) is 5.32 Å². The third-order valence-corrected chi connectivity index (χ3v) is 3.18. The molecule has 0 heterocycles. The first-order valence-corrected chi connectivity index (χ1v) is 7.02. The standard InChI is InChI=1S/C17H20N2O2/c1-2-16(18)13-8-10-15(11-9-13)21-12-17(20)19-14-6-4-3-5-7-14/h3-11,16H,2,12,18H2,1H3,(H,19,20)/t16-/m1/s1. The van der Waals surface area contributed by atoms with Crippen molar-refractivity contribution in [1.29, 1.82) is 0 Å². The molecule has 0 saturated heterocycles. The molecule has 0 saturated carbocycles. The highest BCUT2D eigenvalue weighted by Crippen LogP contribution is 2.18. The second-order valence-corrected chi connectivity index (χ2v) is 4.79. The van der Waals surface area contributed by atoms with E-state index in [9.17, 15) is 4.79 Å². The van der Waals surface area contributed by atoms with E-state index in [0.29, 0.717) is 5.75 Å². The topological polar surface area (TPSA) is 64.3 Å². The molecule has 2 rings (SSSR count). The van der Waals surface area contributed by atoms with Gasteiger partial charge in [0.25, 0.3) is 5.91 Å². The van der Waals surface area contributed by atoms with Crippen LogP contribution in [0.5, 0.6) is 5.75 Å². The summed E-state index contributed by atoms with van der Waals surface area (Å²) < 4.78 is 5.46. The fourth-order valence-corrected chi connectivity index (χ4v) is 1.91. The number of nitrogens with two attached hydrogens (primary N) is 1. The Labute approximate surface area is 124 Å². The van der Waals surface area contributed by atoms with Crippen molar-refractivity contribution in [2.75, 3.05) is 11.9 Å². The molecule has 0 spiro atoms. The molecule has 1 atom stereocenters. The Kier molecular flexibility index (Phi) is 5.35. The molecule has 0 unspecified atom stereocenters. The molecule has 21 heavy (non-hydrogen) atoms. The Balaban J connectivity index is 1.84. The summed E-state index contributed by atoms with van der Waals surface area (Å²) in [6.45, 7) is 2.02. The monoisotopic (exact) mass is 284 g/mol. The highest BCUT2D eigenvalue weighted by Gasteiger charge is 2.05. The number of anilines is 1. The van der Waals surface area contributed by atoms with Crippen LogP contribution in [0.25, 0.3) is 0 Å². The van der Waals surface area contributed by atoms with E-state index < -0.39 is 0 Å². The maximum absolute atomic E-state index is 11.8. The zero-order valence-electron chi connectivity index (χ0n) is 12.1. The van der Waals surface area contributed by atoms with Crippen molar-refractivity contribution in [2.45, 2.75) is 19.4 Å². The van der Waals surface area contributed by atoms with Crippen molar-refractivity contribution in [3.05, 3.63) is 60.2 Å². The van der Waals surface area contributed by atoms with Gasteiger partial charge in [0.2, 0.25) is 0 Å². The van der Waals surface area contributed by atoms with E-state index in [0.717, 1.165) is 17.7 Å². The third-order valence-electron chi connectivity index (χ3n) is 3.18. The summed E-state index contributed by atoms with van der Waals surface area (Å²) >= 11 is 0. The minimum Gasteiger partial charge on any atom is -0.484 e. The highest BCUT2D eigenvalue weighted by atomic mass is 16.5. The van der Waals surface area contributed by atoms with E-state index in [-0.39, 0.29) is 18.6 Å². The average Bonchev–Trinajstić information content (AvgIpc) is 2.53. The summed E-state index contributed by atoms with van der Waals surface area (Å²) in [7, 11) is 0. The van der Waals surface area contributed by atoms with Crippen molar-refractivity contribution >= 4 is 11.6 Å². The Morgan fingerprint density at radius 2 is 1.81 bits per heavy atom. The van der Waals surface area contributed by atoms with E-state index in [4.69, 9.17) is 10.5 Å². The molecular weight excluding hydrogens is 264 g/mol. The third kappa shape index (κ3) is 4.61. The van der Waals surface area contributed by atoms with Gasteiger partial charge in [-0.3, -0.25) is 4.79 Å². The quantitative estimate of drug-likeness (QED) is 0.856. The number of carbonyl (C=O) groups excluding carboxylic acids is 1. The number of amides is 1. The van der Waals surface area contributed by atoms with Crippen LogP contribution < -0.4 is 15.8 Å². The molecule has 2 aromatic carbocycles. The van der Waals surface area contributed by atoms with Gasteiger partial charge in [0.05, 0.1) is 0 Å². The maximum Gasteiger partial charge on any atom is 0.262 e.